The number of aromatic nitrogens is 4. The molecule has 128 valence electrons. The lowest BCUT2D eigenvalue weighted by molar-refractivity contribution is 0.0368. The van der Waals surface area contributed by atoms with Crippen molar-refractivity contribution in [1.82, 2.24) is 20.1 Å². The maximum atomic E-state index is 5.96. The summed E-state index contributed by atoms with van der Waals surface area (Å²) in [6, 6.07) is 5.96. The highest BCUT2D eigenvalue weighted by molar-refractivity contribution is 5.63. The van der Waals surface area contributed by atoms with E-state index in [9.17, 15) is 0 Å². The van der Waals surface area contributed by atoms with E-state index in [0.717, 1.165) is 40.8 Å². The highest BCUT2D eigenvalue weighted by atomic mass is 16.5. The zero-order valence-corrected chi connectivity index (χ0v) is 14.2. The van der Waals surface area contributed by atoms with Gasteiger partial charge < -0.3 is 14.2 Å². The van der Waals surface area contributed by atoms with E-state index in [-0.39, 0.29) is 6.10 Å². The molecule has 1 aliphatic heterocycles. The van der Waals surface area contributed by atoms with Gasteiger partial charge in [-0.3, -0.25) is 4.98 Å². The van der Waals surface area contributed by atoms with Crippen molar-refractivity contribution in [2.75, 3.05) is 24.6 Å². The van der Waals surface area contributed by atoms with Crippen LogP contribution in [0.15, 0.2) is 41.3 Å². The van der Waals surface area contributed by atoms with Crippen molar-refractivity contribution in [3.63, 3.8) is 0 Å². The zero-order valence-electron chi connectivity index (χ0n) is 14.2. The van der Waals surface area contributed by atoms with Crippen molar-refractivity contribution >= 4 is 5.82 Å². The van der Waals surface area contributed by atoms with Gasteiger partial charge in [0.2, 0.25) is 0 Å². The highest BCUT2D eigenvalue weighted by Gasteiger charge is 2.25. The smallest absolute Gasteiger partial charge is 0.147 e. The van der Waals surface area contributed by atoms with E-state index in [1.807, 2.05) is 32.0 Å². The molecule has 7 heteroatoms. The summed E-state index contributed by atoms with van der Waals surface area (Å²) in [5, 5.41) is 4.02. The monoisotopic (exact) mass is 337 g/mol. The Kier molecular flexibility index (Phi) is 4.15. The fraction of sp³-hybridized carbons (Fsp3) is 0.333. The van der Waals surface area contributed by atoms with Gasteiger partial charge in [0, 0.05) is 18.9 Å². The fourth-order valence-electron chi connectivity index (χ4n) is 3.11. The van der Waals surface area contributed by atoms with Crippen LogP contribution in [0, 0.1) is 13.8 Å². The summed E-state index contributed by atoms with van der Waals surface area (Å²) < 4.78 is 11.2. The number of ether oxygens (including phenoxy) is 1. The van der Waals surface area contributed by atoms with Crippen molar-refractivity contribution in [1.29, 1.82) is 0 Å². The average Bonchev–Trinajstić information content (AvgIpc) is 3.01. The number of hydrogen-bond donors (Lipinski definition) is 0. The molecule has 0 radical (unpaired) electrons. The lowest BCUT2D eigenvalue weighted by atomic mass is 10.1. The van der Waals surface area contributed by atoms with Crippen molar-refractivity contribution in [2.45, 2.75) is 20.0 Å². The number of rotatable bonds is 3. The van der Waals surface area contributed by atoms with Gasteiger partial charge in [0.25, 0.3) is 0 Å². The van der Waals surface area contributed by atoms with Crippen LogP contribution in [-0.2, 0) is 4.74 Å². The van der Waals surface area contributed by atoms with Crippen LogP contribution in [0.3, 0.4) is 0 Å². The van der Waals surface area contributed by atoms with E-state index in [0.29, 0.717) is 13.2 Å². The molecule has 3 aromatic heterocycles. The number of morpholine rings is 1. The molecule has 1 atom stereocenters. The number of hydrogen-bond acceptors (Lipinski definition) is 7. The Hall–Kier alpha value is -2.80. The molecule has 7 nitrogen and oxygen atoms in total. The Labute approximate surface area is 145 Å². The standard InChI is InChI=1S/C18H19N5O2/c1-12-18(13(2)25-22-12)15-5-3-4-14(21-15)16-11-23(8-9-24-16)17-10-19-6-7-20-17/h3-7,10,16H,8-9,11H2,1-2H3/t16-/m1/s1. The Morgan fingerprint density at radius 3 is 2.88 bits per heavy atom. The topological polar surface area (TPSA) is 77.2 Å². The molecular weight excluding hydrogens is 318 g/mol. The van der Waals surface area contributed by atoms with Crippen molar-refractivity contribution in [3.8, 4) is 11.3 Å². The molecule has 0 unspecified atom stereocenters. The zero-order chi connectivity index (χ0) is 17.2. The van der Waals surface area contributed by atoms with E-state index < -0.39 is 0 Å². The summed E-state index contributed by atoms with van der Waals surface area (Å²) in [4.78, 5) is 15.5. The van der Waals surface area contributed by atoms with Crippen molar-refractivity contribution in [2.24, 2.45) is 0 Å². The van der Waals surface area contributed by atoms with Gasteiger partial charge in [-0.25, -0.2) is 9.97 Å². The van der Waals surface area contributed by atoms with Crippen molar-refractivity contribution < 1.29 is 9.26 Å². The van der Waals surface area contributed by atoms with Gasteiger partial charge >= 0.3 is 0 Å². The number of anilines is 1. The Balaban J connectivity index is 1.61. The third-order valence-electron chi connectivity index (χ3n) is 4.33. The van der Waals surface area contributed by atoms with E-state index in [4.69, 9.17) is 14.2 Å². The van der Waals surface area contributed by atoms with Crippen LogP contribution in [0.25, 0.3) is 11.3 Å². The molecule has 0 amide bonds. The first-order chi connectivity index (χ1) is 12.2. The summed E-state index contributed by atoms with van der Waals surface area (Å²) in [5.74, 6) is 1.63. The second-order valence-corrected chi connectivity index (χ2v) is 6.02. The lowest BCUT2D eigenvalue weighted by Gasteiger charge is -2.33. The van der Waals surface area contributed by atoms with Crippen LogP contribution in [0.5, 0.6) is 0 Å². The van der Waals surface area contributed by atoms with Crippen LogP contribution in [0.2, 0.25) is 0 Å². The molecule has 4 rings (SSSR count). The highest BCUT2D eigenvalue weighted by Crippen LogP contribution is 2.28. The van der Waals surface area contributed by atoms with Crippen LogP contribution in [0.1, 0.15) is 23.3 Å². The number of aryl methyl sites for hydroxylation is 2. The molecule has 0 spiro atoms. The van der Waals surface area contributed by atoms with Gasteiger partial charge in [0.15, 0.2) is 0 Å². The minimum absolute atomic E-state index is 0.115. The van der Waals surface area contributed by atoms with Crippen molar-refractivity contribution in [3.05, 3.63) is 53.9 Å². The van der Waals surface area contributed by atoms with Crippen LogP contribution >= 0.6 is 0 Å². The maximum Gasteiger partial charge on any atom is 0.147 e. The maximum absolute atomic E-state index is 5.96. The summed E-state index contributed by atoms with van der Waals surface area (Å²) in [6.07, 6.45) is 5.04. The quantitative estimate of drug-likeness (QED) is 0.727. The predicted molar refractivity (Wildman–Crippen MR) is 92.1 cm³/mol. The fourth-order valence-corrected chi connectivity index (χ4v) is 3.11. The van der Waals surface area contributed by atoms with E-state index in [1.54, 1.807) is 18.6 Å². The molecular formula is C18H19N5O2. The molecule has 4 heterocycles. The molecule has 1 aliphatic rings. The third kappa shape index (κ3) is 3.10. The summed E-state index contributed by atoms with van der Waals surface area (Å²) in [7, 11) is 0. The lowest BCUT2D eigenvalue weighted by Crippen LogP contribution is -2.39. The van der Waals surface area contributed by atoms with Gasteiger partial charge in [0.1, 0.15) is 17.7 Å². The molecule has 0 aliphatic carbocycles. The Morgan fingerprint density at radius 2 is 2.12 bits per heavy atom. The van der Waals surface area contributed by atoms with E-state index in [2.05, 4.69) is 20.0 Å². The summed E-state index contributed by atoms with van der Waals surface area (Å²) >= 11 is 0. The van der Waals surface area contributed by atoms with E-state index in [1.165, 1.54) is 0 Å². The molecule has 0 aromatic carbocycles. The largest absolute Gasteiger partial charge is 0.368 e. The molecule has 0 bridgehead atoms. The molecule has 0 saturated carbocycles. The second-order valence-electron chi connectivity index (χ2n) is 6.02. The molecule has 3 aromatic rings. The number of nitrogens with zero attached hydrogens (tertiary/aromatic N) is 5. The Morgan fingerprint density at radius 1 is 1.20 bits per heavy atom. The molecule has 25 heavy (non-hydrogen) atoms. The van der Waals surface area contributed by atoms with Crippen LogP contribution in [-0.4, -0.2) is 39.8 Å². The van der Waals surface area contributed by atoms with Gasteiger partial charge in [-0.2, -0.15) is 0 Å². The molecule has 1 saturated heterocycles. The minimum Gasteiger partial charge on any atom is -0.368 e. The first kappa shape index (κ1) is 15.7. The number of pyridine rings is 1. The summed E-state index contributed by atoms with van der Waals surface area (Å²) in [6.45, 7) is 5.93. The SMILES string of the molecule is Cc1noc(C)c1-c1cccc([C@H]2CN(c3cnccn3)CCO2)n1. The van der Waals surface area contributed by atoms with Gasteiger partial charge in [-0.05, 0) is 26.0 Å². The second kappa shape index (κ2) is 6.60. The molecule has 1 fully saturated rings. The first-order valence-electron chi connectivity index (χ1n) is 8.25. The molecule has 0 N–H and O–H groups in total. The first-order valence-corrected chi connectivity index (χ1v) is 8.25. The normalized spacial score (nSPS) is 17.7. The van der Waals surface area contributed by atoms with Crippen LogP contribution in [0.4, 0.5) is 5.82 Å². The third-order valence-corrected chi connectivity index (χ3v) is 4.33. The van der Waals surface area contributed by atoms with Crippen LogP contribution < -0.4 is 4.90 Å². The minimum atomic E-state index is -0.115. The van der Waals surface area contributed by atoms with Gasteiger partial charge in [0.05, 0.1) is 42.0 Å². The Bertz CT molecular complexity index is 845. The average molecular weight is 337 g/mol. The summed E-state index contributed by atoms with van der Waals surface area (Å²) in [5.41, 5.74) is 3.54. The van der Waals surface area contributed by atoms with E-state index >= 15 is 0 Å². The van der Waals surface area contributed by atoms with Gasteiger partial charge in [-0.15, -0.1) is 0 Å². The predicted octanol–water partition coefficient (Wildman–Crippen LogP) is 2.72. The van der Waals surface area contributed by atoms with Gasteiger partial charge in [-0.1, -0.05) is 11.2 Å².